The fourth-order valence-electron chi connectivity index (χ4n) is 5.05. The zero-order chi connectivity index (χ0) is 25.9. The molecule has 2 aromatic rings. The van der Waals surface area contributed by atoms with Crippen LogP contribution in [0.1, 0.15) is 69.8 Å². The van der Waals surface area contributed by atoms with Crippen LogP contribution in [-0.2, 0) is 9.53 Å². The molecular weight excluding hydrogens is 453 g/mol. The monoisotopic (exact) mass is 495 g/mol. The zero-order valence-electron chi connectivity index (χ0n) is 22.2. The number of likely N-dealkylation sites (N-methyl/N-ethyl adjacent to an activating group) is 1. The SMILES string of the molecule is C=C(CN(C)C)C(=O)OCCOc1ccc(-c2ccc(C3CCC(CCCCC)CC3)cc2)cc1F. The lowest BCUT2D eigenvalue weighted by molar-refractivity contribution is -0.140. The predicted molar refractivity (Wildman–Crippen MR) is 145 cm³/mol. The number of carbonyl (C=O) groups excluding carboxylic acids is 1. The van der Waals surface area contributed by atoms with E-state index in [1.165, 1.54) is 63.0 Å². The molecule has 0 amide bonds. The number of hydrogen-bond acceptors (Lipinski definition) is 4. The lowest BCUT2D eigenvalue weighted by Gasteiger charge is -2.29. The minimum atomic E-state index is -0.466. The van der Waals surface area contributed by atoms with Crippen molar-refractivity contribution in [1.29, 1.82) is 0 Å². The summed E-state index contributed by atoms with van der Waals surface area (Å²) in [5, 5.41) is 0. The summed E-state index contributed by atoms with van der Waals surface area (Å²) < 4.78 is 25.3. The molecule has 0 saturated heterocycles. The molecule has 0 bridgehead atoms. The van der Waals surface area contributed by atoms with Gasteiger partial charge >= 0.3 is 5.97 Å². The first-order valence-corrected chi connectivity index (χ1v) is 13.4. The molecule has 2 aromatic carbocycles. The average molecular weight is 496 g/mol. The molecule has 1 aliphatic rings. The van der Waals surface area contributed by atoms with Crippen LogP contribution in [0.15, 0.2) is 54.6 Å². The fraction of sp³-hybridized carbons (Fsp3) is 0.516. The van der Waals surface area contributed by atoms with Crippen molar-refractivity contribution in [3.05, 3.63) is 66.0 Å². The maximum atomic E-state index is 14.7. The number of rotatable bonds is 13. The van der Waals surface area contributed by atoms with Crippen molar-refractivity contribution >= 4 is 5.97 Å². The molecule has 1 aliphatic carbocycles. The van der Waals surface area contributed by atoms with Crippen LogP contribution >= 0.6 is 0 Å². The highest BCUT2D eigenvalue weighted by Crippen LogP contribution is 2.38. The maximum Gasteiger partial charge on any atom is 0.334 e. The van der Waals surface area contributed by atoms with Crippen LogP contribution in [0, 0.1) is 11.7 Å². The number of ether oxygens (including phenoxy) is 2. The smallest absolute Gasteiger partial charge is 0.334 e. The van der Waals surface area contributed by atoms with Gasteiger partial charge in [0.25, 0.3) is 0 Å². The molecule has 4 nitrogen and oxygen atoms in total. The van der Waals surface area contributed by atoms with Gasteiger partial charge in [-0.25, -0.2) is 9.18 Å². The van der Waals surface area contributed by atoms with Gasteiger partial charge in [0.05, 0.1) is 0 Å². The summed E-state index contributed by atoms with van der Waals surface area (Å²) in [5.74, 6) is 0.802. The van der Waals surface area contributed by atoms with Crippen molar-refractivity contribution in [3.63, 3.8) is 0 Å². The standard InChI is InChI=1S/C31H42FNO3/c1-5-6-7-8-24-9-11-25(12-10-24)26-13-15-27(16-14-26)28-17-18-30(29(32)21-28)35-19-20-36-31(34)23(2)22-33(3)4/h13-18,21,24-25H,2,5-12,19-20,22H2,1,3-4H3. The molecule has 36 heavy (non-hydrogen) atoms. The highest BCUT2D eigenvalue weighted by Gasteiger charge is 2.22. The van der Waals surface area contributed by atoms with Crippen molar-refractivity contribution in [2.45, 2.75) is 64.2 Å². The maximum absolute atomic E-state index is 14.7. The van der Waals surface area contributed by atoms with E-state index in [0.29, 0.717) is 18.0 Å². The molecule has 0 N–H and O–H groups in total. The summed E-state index contributed by atoms with van der Waals surface area (Å²) in [6.07, 6.45) is 10.7. The van der Waals surface area contributed by atoms with Crippen LogP contribution in [0.4, 0.5) is 4.39 Å². The van der Waals surface area contributed by atoms with Crippen LogP contribution in [0.5, 0.6) is 5.75 Å². The molecule has 0 unspecified atom stereocenters. The third kappa shape index (κ3) is 8.48. The van der Waals surface area contributed by atoms with E-state index >= 15 is 0 Å². The minimum absolute atomic E-state index is 0.0363. The van der Waals surface area contributed by atoms with Crippen LogP contribution < -0.4 is 4.74 Å². The number of halogens is 1. The molecule has 0 spiro atoms. The Morgan fingerprint density at radius 1 is 1.00 bits per heavy atom. The summed E-state index contributed by atoms with van der Waals surface area (Å²) in [6.45, 7) is 6.52. The Bertz CT molecular complexity index is 978. The number of unbranched alkanes of at least 4 members (excludes halogenated alkanes) is 2. The Labute approximate surface area is 216 Å². The second-order valence-corrected chi connectivity index (χ2v) is 10.3. The van der Waals surface area contributed by atoms with Gasteiger partial charge in [-0.2, -0.15) is 0 Å². The van der Waals surface area contributed by atoms with E-state index < -0.39 is 11.8 Å². The van der Waals surface area contributed by atoms with Crippen LogP contribution in [0.2, 0.25) is 0 Å². The highest BCUT2D eigenvalue weighted by atomic mass is 19.1. The molecule has 3 rings (SSSR count). The molecule has 1 fully saturated rings. The molecular formula is C31H42FNO3. The molecule has 1 saturated carbocycles. The van der Waals surface area contributed by atoms with Crippen molar-refractivity contribution in [3.8, 4) is 16.9 Å². The lowest BCUT2D eigenvalue weighted by atomic mass is 9.77. The Kier molecular flexibility index (Phi) is 11.0. The van der Waals surface area contributed by atoms with Crippen molar-refractivity contribution in [2.75, 3.05) is 33.9 Å². The number of nitrogens with zero attached hydrogens (tertiary/aromatic N) is 1. The van der Waals surface area contributed by atoms with E-state index in [2.05, 4.69) is 37.8 Å². The van der Waals surface area contributed by atoms with E-state index in [1.54, 1.807) is 6.07 Å². The van der Waals surface area contributed by atoms with Crippen LogP contribution in [0.3, 0.4) is 0 Å². The largest absolute Gasteiger partial charge is 0.487 e. The van der Waals surface area contributed by atoms with E-state index in [0.717, 1.165) is 17.0 Å². The van der Waals surface area contributed by atoms with Gasteiger partial charge in [-0.15, -0.1) is 0 Å². The van der Waals surface area contributed by atoms with Gasteiger partial charge in [-0.1, -0.05) is 69.5 Å². The van der Waals surface area contributed by atoms with Gasteiger partial charge in [0.15, 0.2) is 11.6 Å². The van der Waals surface area contributed by atoms with Gasteiger partial charge in [-0.3, -0.25) is 0 Å². The third-order valence-electron chi connectivity index (χ3n) is 7.08. The van der Waals surface area contributed by atoms with Crippen molar-refractivity contribution < 1.29 is 18.7 Å². The normalized spacial score (nSPS) is 17.7. The Morgan fingerprint density at radius 3 is 2.33 bits per heavy atom. The number of esters is 1. The second kappa shape index (κ2) is 14.2. The molecule has 0 aliphatic heterocycles. The number of hydrogen-bond donors (Lipinski definition) is 0. The van der Waals surface area contributed by atoms with Crippen molar-refractivity contribution in [1.82, 2.24) is 4.90 Å². The third-order valence-corrected chi connectivity index (χ3v) is 7.08. The summed E-state index contributed by atoms with van der Waals surface area (Å²) >= 11 is 0. The summed E-state index contributed by atoms with van der Waals surface area (Å²) in [4.78, 5) is 13.7. The van der Waals surface area contributed by atoms with E-state index in [4.69, 9.17) is 9.47 Å². The van der Waals surface area contributed by atoms with E-state index in [-0.39, 0.29) is 19.0 Å². The molecule has 0 radical (unpaired) electrons. The van der Waals surface area contributed by atoms with Gasteiger partial charge in [0.1, 0.15) is 13.2 Å². The van der Waals surface area contributed by atoms with Gasteiger partial charge < -0.3 is 14.4 Å². The zero-order valence-corrected chi connectivity index (χ0v) is 22.2. The summed E-state index contributed by atoms with van der Waals surface area (Å²) in [7, 11) is 3.70. The average Bonchev–Trinajstić information content (AvgIpc) is 2.87. The fourth-order valence-corrected chi connectivity index (χ4v) is 5.05. The van der Waals surface area contributed by atoms with E-state index in [9.17, 15) is 9.18 Å². The highest BCUT2D eigenvalue weighted by molar-refractivity contribution is 5.88. The molecule has 196 valence electrons. The molecule has 5 heteroatoms. The Hall–Kier alpha value is -2.66. The summed E-state index contributed by atoms with van der Waals surface area (Å²) in [6, 6.07) is 13.6. The van der Waals surface area contributed by atoms with Crippen molar-refractivity contribution in [2.24, 2.45) is 5.92 Å². The first kappa shape index (κ1) is 27.9. The predicted octanol–water partition coefficient (Wildman–Crippen LogP) is 7.39. The molecule has 0 atom stereocenters. The quantitative estimate of drug-likeness (QED) is 0.165. The number of benzene rings is 2. The minimum Gasteiger partial charge on any atom is -0.487 e. The Balaban J connectivity index is 1.47. The van der Waals surface area contributed by atoms with Crippen LogP contribution in [0.25, 0.3) is 11.1 Å². The van der Waals surface area contributed by atoms with E-state index in [1.807, 2.05) is 25.1 Å². The first-order valence-electron chi connectivity index (χ1n) is 13.4. The van der Waals surface area contributed by atoms with Gasteiger partial charge in [0, 0.05) is 12.1 Å². The lowest BCUT2D eigenvalue weighted by Crippen LogP contribution is -2.22. The van der Waals surface area contributed by atoms with Gasteiger partial charge in [0.2, 0.25) is 0 Å². The second-order valence-electron chi connectivity index (χ2n) is 10.3. The van der Waals surface area contributed by atoms with Crippen LogP contribution in [-0.4, -0.2) is 44.7 Å². The topological polar surface area (TPSA) is 38.8 Å². The summed E-state index contributed by atoms with van der Waals surface area (Å²) in [5.41, 5.74) is 3.58. The first-order chi connectivity index (χ1) is 17.4. The Morgan fingerprint density at radius 2 is 1.69 bits per heavy atom. The molecule has 0 heterocycles. The number of carbonyl (C=O) groups is 1. The molecule has 0 aromatic heterocycles. The van der Waals surface area contributed by atoms with Gasteiger partial charge in [-0.05, 0) is 80.4 Å².